The highest BCUT2D eigenvalue weighted by Gasteiger charge is 2.39. The number of hydrogen-bond donors (Lipinski definition) is 2. The Morgan fingerprint density at radius 2 is 1.86 bits per heavy atom. The molecule has 0 atom stereocenters. The Bertz CT molecular complexity index is 534. The van der Waals surface area contributed by atoms with Crippen LogP contribution in [-0.2, 0) is 0 Å². The fourth-order valence-electron chi connectivity index (χ4n) is 3.92. The molecular formula is C17H26N2O2. The van der Waals surface area contributed by atoms with E-state index < -0.39 is 0 Å². The molecule has 1 aromatic rings. The van der Waals surface area contributed by atoms with E-state index in [-0.39, 0.29) is 34.2 Å². The van der Waals surface area contributed by atoms with Crippen molar-refractivity contribution in [3.05, 3.63) is 23.5 Å². The molecule has 0 bridgehead atoms. The summed E-state index contributed by atoms with van der Waals surface area (Å²) in [6, 6.07) is 1.82. The first-order valence-corrected chi connectivity index (χ1v) is 7.55. The molecule has 2 N–H and O–H groups in total. The zero-order valence-electron chi connectivity index (χ0n) is 13.7. The fourth-order valence-corrected chi connectivity index (χ4v) is 3.92. The third-order valence-electron chi connectivity index (χ3n) is 4.23. The van der Waals surface area contributed by atoms with E-state index in [1.807, 2.05) is 0 Å². The maximum Gasteiger partial charge on any atom is 0.273 e. The quantitative estimate of drug-likeness (QED) is 0.877. The smallest absolute Gasteiger partial charge is 0.273 e. The summed E-state index contributed by atoms with van der Waals surface area (Å²) in [4.78, 5) is 16.4. The molecule has 1 aliphatic rings. The van der Waals surface area contributed by atoms with Gasteiger partial charge in [0.2, 0.25) is 0 Å². The molecule has 1 fully saturated rings. The molecule has 21 heavy (non-hydrogen) atoms. The third-order valence-corrected chi connectivity index (χ3v) is 4.23. The highest BCUT2D eigenvalue weighted by atomic mass is 16.3. The molecule has 1 heterocycles. The lowest BCUT2D eigenvalue weighted by Crippen LogP contribution is -2.46. The van der Waals surface area contributed by atoms with Gasteiger partial charge in [0.05, 0.1) is 0 Å². The van der Waals surface area contributed by atoms with Crippen molar-refractivity contribution >= 4 is 5.91 Å². The van der Waals surface area contributed by atoms with Crippen molar-refractivity contribution in [2.24, 2.45) is 10.8 Å². The van der Waals surface area contributed by atoms with Crippen LogP contribution in [0, 0.1) is 17.8 Å². The second-order valence-electron chi connectivity index (χ2n) is 7.91. The van der Waals surface area contributed by atoms with E-state index in [0.29, 0.717) is 5.56 Å². The first kappa shape index (κ1) is 15.8. The molecule has 1 aliphatic carbocycles. The van der Waals surface area contributed by atoms with Gasteiger partial charge in [0.1, 0.15) is 5.75 Å². The van der Waals surface area contributed by atoms with Crippen LogP contribution in [0.3, 0.4) is 0 Å². The maximum absolute atomic E-state index is 12.4. The van der Waals surface area contributed by atoms with E-state index in [4.69, 9.17) is 0 Å². The number of nitrogens with zero attached hydrogens (tertiary/aromatic N) is 1. The summed E-state index contributed by atoms with van der Waals surface area (Å²) in [5, 5.41) is 13.0. The minimum atomic E-state index is -0.283. The second-order valence-corrected chi connectivity index (χ2v) is 7.91. The third kappa shape index (κ3) is 3.74. The van der Waals surface area contributed by atoms with Gasteiger partial charge in [0.15, 0.2) is 5.69 Å². The summed E-state index contributed by atoms with van der Waals surface area (Å²) in [5.41, 5.74) is 1.21. The van der Waals surface area contributed by atoms with E-state index >= 15 is 0 Å². The molecule has 116 valence electrons. The van der Waals surface area contributed by atoms with Gasteiger partial charge < -0.3 is 10.4 Å². The van der Waals surface area contributed by atoms with E-state index in [1.54, 1.807) is 19.2 Å². The summed E-state index contributed by atoms with van der Waals surface area (Å²) in [5.74, 6) is -0.306. The van der Waals surface area contributed by atoms with Gasteiger partial charge in [0, 0.05) is 12.2 Å². The number of nitrogens with one attached hydrogen (secondary N) is 1. The molecule has 0 aromatic carbocycles. The number of carbonyl (C=O) groups excluding carboxylic acids is 1. The molecule has 1 saturated carbocycles. The summed E-state index contributed by atoms with van der Waals surface area (Å²) in [6.07, 6.45) is 4.61. The lowest BCUT2D eigenvalue weighted by atomic mass is 9.63. The van der Waals surface area contributed by atoms with E-state index in [1.165, 1.54) is 0 Å². The SMILES string of the molecule is Cc1ccnc(C(=O)NC2CC(C)(C)CC(C)(C)C2)c1O. The minimum Gasteiger partial charge on any atom is -0.505 e. The first-order valence-electron chi connectivity index (χ1n) is 7.55. The molecule has 0 spiro atoms. The second kappa shape index (κ2) is 5.32. The zero-order valence-corrected chi connectivity index (χ0v) is 13.7. The molecule has 0 radical (unpaired) electrons. The van der Waals surface area contributed by atoms with Gasteiger partial charge in [-0.2, -0.15) is 0 Å². The number of amides is 1. The number of rotatable bonds is 2. The van der Waals surface area contributed by atoms with Crippen molar-refractivity contribution in [1.29, 1.82) is 0 Å². The summed E-state index contributed by atoms with van der Waals surface area (Å²) >= 11 is 0. The van der Waals surface area contributed by atoms with E-state index in [0.717, 1.165) is 19.3 Å². The number of hydrogen-bond acceptors (Lipinski definition) is 3. The van der Waals surface area contributed by atoms with Crippen LogP contribution in [0.2, 0.25) is 0 Å². The van der Waals surface area contributed by atoms with Crippen LogP contribution in [-0.4, -0.2) is 22.0 Å². The van der Waals surface area contributed by atoms with Crippen LogP contribution in [0.4, 0.5) is 0 Å². The topological polar surface area (TPSA) is 62.2 Å². The Morgan fingerprint density at radius 1 is 1.29 bits per heavy atom. The fraction of sp³-hybridized carbons (Fsp3) is 0.647. The standard InChI is InChI=1S/C17H26N2O2/c1-11-6-7-18-13(14(11)20)15(21)19-12-8-16(2,3)10-17(4,5)9-12/h6-7,12,20H,8-10H2,1-5H3,(H,19,21). The molecule has 0 saturated heterocycles. The zero-order chi connectivity index (χ0) is 15.8. The first-order chi connectivity index (χ1) is 9.60. The van der Waals surface area contributed by atoms with Crippen LogP contribution in [0.15, 0.2) is 12.3 Å². The van der Waals surface area contributed by atoms with Crippen molar-refractivity contribution < 1.29 is 9.90 Å². The predicted octanol–water partition coefficient (Wildman–Crippen LogP) is 3.43. The largest absolute Gasteiger partial charge is 0.505 e. The highest BCUT2D eigenvalue weighted by Crippen LogP contribution is 2.45. The average Bonchev–Trinajstić information content (AvgIpc) is 2.28. The monoisotopic (exact) mass is 290 g/mol. The van der Waals surface area contributed by atoms with Gasteiger partial charge in [-0.15, -0.1) is 0 Å². The van der Waals surface area contributed by atoms with Crippen molar-refractivity contribution in [2.45, 2.75) is 59.9 Å². The van der Waals surface area contributed by atoms with Gasteiger partial charge in [-0.25, -0.2) is 4.98 Å². The van der Waals surface area contributed by atoms with Crippen molar-refractivity contribution in [3.8, 4) is 5.75 Å². The molecular weight excluding hydrogens is 264 g/mol. The van der Waals surface area contributed by atoms with Crippen molar-refractivity contribution in [2.75, 3.05) is 0 Å². The van der Waals surface area contributed by atoms with Gasteiger partial charge in [-0.1, -0.05) is 27.7 Å². The minimum absolute atomic E-state index is 0.0238. The van der Waals surface area contributed by atoms with Gasteiger partial charge >= 0.3 is 0 Å². The van der Waals surface area contributed by atoms with Crippen LogP contribution in [0.5, 0.6) is 5.75 Å². The van der Waals surface area contributed by atoms with Crippen LogP contribution in [0.1, 0.15) is 63.0 Å². The van der Waals surface area contributed by atoms with Crippen LogP contribution in [0.25, 0.3) is 0 Å². The van der Waals surface area contributed by atoms with Crippen LogP contribution >= 0.6 is 0 Å². The Balaban J connectivity index is 2.14. The Hall–Kier alpha value is -1.58. The summed E-state index contributed by atoms with van der Waals surface area (Å²) in [6.45, 7) is 10.7. The maximum atomic E-state index is 12.4. The molecule has 1 amide bonds. The molecule has 2 rings (SSSR count). The van der Waals surface area contributed by atoms with Gasteiger partial charge in [-0.05, 0) is 48.6 Å². The number of carbonyl (C=O) groups is 1. The normalized spacial score (nSPS) is 21.0. The van der Waals surface area contributed by atoms with Crippen molar-refractivity contribution in [3.63, 3.8) is 0 Å². The molecule has 1 aromatic heterocycles. The number of pyridine rings is 1. The number of aromatic nitrogens is 1. The van der Waals surface area contributed by atoms with E-state index in [9.17, 15) is 9.90 Å². The Labute approximate surface area is 127 Å². The average molecular weight is 290 g/mol. The Morgan fingerprint density at radius 3 is 2.43 bits per heavy atom. The van der Waals surface area contributed by atoms with Crippen molar-refractivity contribution in [1.82, 2.24) is 10.3 Å². The van der Waals surface area contributed by atoms with Gasteiger partial charge in [-0.3, -0.25) is 4.79 Å². The molecule has 0 unspecified atom stereocenters. The molecule has 4 heteroatoms. The summed E-state index contributed by atoms with van der Waals surface area (Å²) in [7, 11) is 0. The van der Waals surface area contributed by atoms with E-state index in [2.05, 4.69) is 38.0 Å². The number of aryl methyl sites for hydroxylation is 1. The lowest BCUT2D eigenvalue weighted by Gasteiger charge is -2.45. The molecule has 4 nitrogen and oxygen atoms in total. The highest BCUT2D eigenvalue weighted by molar-refractivity contribution is 5.95. The predicted molar refractivity (Wildman–Crippen MR) is 83.3 cm³/mol. The Kier molecular flexibility index (Phi) is 4.00. The molecule has 0 aliphatic heterocycles. The van der Waals surface area contributed by atoms with Crippen LogP contribution < -0.4 is 5.32 Å². The lowest BCUT2D eigenvalue weighted by molar-refractivity contribution is 0.0709. The number of aromatic hydroxyl groups is 1. The van der Waals surface area contributed by atoms with Gasteiger partial charge in [0.25, 0.3) is 5.91 Å². The summed E-state index contributed by atoms with van der Waals surface area (Å²) < 4.78 is 0.